The summed E-state index contributed by atoms with van der Waals surface area (Å²) < 4.78 is 5.58. The van der Waals surface area contributed by atoms with Crippen LogP contribution in [0.2, 0.25) is 0 Å². The van der Waals surface area contributed by atoms with Gasteiger partial charge < -0.3 is 20.7 Å². The van der Waals surface area contributed by atoms with Gasteiger partial charge in [0.1, 0.15) is 17.9 Å². The number of hydrogen-bond acceptors (Lipinski definition) is 4. The molecule has 0 bridgehead atoms. The zero-order valence-corrected chi connectivity index (χ0v) is 11.1. The molecule has 0 fully saturated rings. The van der Waals surface area contributed by atoms with Crippen molar-refractivity contribution in [2.45, 2.75) is 18.6 Å². The van der Waals surface area contributed by atoms with E-state index in [4.69, 9.17) is 20.7 Å². The molecule has 0 radical (unpaired) electrons. The Morgan fingerprint density at radius 2 is 1.76 bits per heavy atom. The molecule has 0 amide bonds. The Labute approximate surface area is 120 Å². The maximum atomic E-state index is 11.0. The molecule has 0 aromatic heterocycles. The number of nitrogens with two attached hydrogens (primary N) is 1. The molecule has 6 nitrogen and oxygen atoms in total. The van der Waals surface area contributed by atoms with Crippen LogP contribution in [-0.2, 0) is 9.59 Å². The van der Waals surface area contributed by atoms with Crippen molar-refractivity contribution in [1.82, 2.24) is 0 Å². The first-order valence-electron chi connectivity index (χ1n) is 6.33. The van der Waals surface area contributed by atoms with Crippen LogP contribution < -0.4 is 10.5 Å². The summed E-state index contributed by atoms with van der Waals surface area (Å²) in [6.07, 6.45) is -1.64. The molecule has 0 saturated heterocycles. The van der Waals surface area contributed by atoms with Crippen molar-refractivity contribution in [2.75, 3.05) is 0 Å². The van der Waals surface area contributed by atoms with Gasteiger partial charge in [0.05, 0.1) is 6.42 Å². The number of carboxylic acids is 2. The molecule has 110 valence electrons. The Kier molecular flexibility index (Phi) is 4.39. The summed E-state index contributed by atoms with van der Waals surface area (Å²) in [6, 6.07) is 11.3. The molecule has 0 aliphatic rings. The quantitative estimate of drug-likeness (QED) is 0.743. The van der Waals surface area contributed by atoms with E-state index in [1.807, 2.05) is 30.3 Å². The van der Waals surface area contributed by atoms with Crippen molar-refractivity contribution >= 4 is 22.7 Å². The Hall–Kier alpha value is -2.60. The molecule has 2 rings (SSSR count). The van der Waals surface area contributed by atoms with Gasteiger partial charge in [-0.15, -0.1) is 0 Å². The Balaban J connectivity index is 2.34. The molecule has 0 saturated carbocycles. The van der Waals surface area contributed by atoms with Crippen LogP contribution in [0.5, 0.6) is 5.75 Å². The average molecular weight is 289 g/mol. The molecule has 2 aromatic rings. The Bertz CT molecular complexity index is 665. The maximum Gasteiger partial charge on any atom is 0.324 e. The third-order valence-electron chi connectivity index (χ3n) is 3.09. The van der Waals surface area contributed by atoms with E-state index in [2.05, 4.69) is 0 Å². The fraction of sp³-hybridized carbons (Fsp3) is 0.200. The number of carboxylic acid groups (broad SMARTS) is 2. The highest BCUT2D eigenvalue weighted by atomic mass is 16.5. The summed E-state index contributed by atoms with van der Waals surface area (Å²) in [7, 11) is 0. The van der Waals surface area contributed by atoms with E-state index >= 15 is 0 Å². The molecule has 2 atom stereocenters. The largest absolute Gasteiger partial charge is 0.487 e. The zero-order chi connectivity index (χ0) is 15.4. The van der Waals surface area contributed by atoms with Crippen molar-refractivity contribution < 1.29 is 24.5 Å². The molecule has 2 aromatic carbocycles. The van der Waals surface area contributed by atoms with Crippen LogP contribution >= 0.6 is 0 Å². The number of carbonyl (C=O) groups is 2. The minimum Gasteiger partial charge on any atom is -0.487 e. The smallest absolute Gasteiger partial charge is 0.324 e. The molecule has 4 N–H and O–H groups in total. The van der Waals surface area contributed by atoms with E-state index in [0.29, 0.717) is 5.75 Å². The monoisotopic (exact) mass is 289 g/mol. The summed E-state index contributed by atoms with van der Waals surface area (Å²) in [6.45, 7) is 0. The van der Waals surface area contributed by atoms with Crippen LogP contribution in [0.4, 0.5) is 0 Å². The van der Waals surface area contributed by atoms with E-state index in [0.717, 1.165) is 10.8 Å². The highest BCUT2D eigenvalue weighted by Crippen LogP contribution is 2.27. The second-order valence-electron chi connectivity index (χ2n) is 4.60. The third-order valence-corrected chi connectivity index (χ3v) is 3.09. The van der Waals surface area contributed by atoms with Crippen LogP contribution in [0.15, 0.2) is 42.5 Å². The lowest BCUT2D eigenvalue weighted by molar-refractivity contribution is -0.143. The molecule has 2 unspecified atom stereocenters. The first-order chi connectivity index (χ1) is 9.99. The minimum atomic E-state index is -1.42. The van der Waals surface area contributed by atoms with Crippen LogP contribution in [0.25, 0.3) is 10.8 Å². The fourth-order valence-corrected chi connectivity index (χ4v) is 2.03. The van der Waals surface area contributed by atoms with Gasteiger partial charge in [-0.3, -0.25) is 9.59 Å². The third kappa shape index (κ3) is 3.49. The summed E-state index contributed by atoms with van der Waals surface area (Å²) in [4.78, 5) is 21.8. The molecule has 0 aliphatic carbocycles. The minimum absolute atomic E-state index is 0.413. The van der Waals surface area contributed by atoms with Gasteiger partial charge in [-0.25, -0.2) is 0 Å². The zero-order valence-electron chi connectivity index (χ0n) is 11.1. The van der Waals surface area contributed by atoms with Crippen LogP contribution in [-0.4, -0.2) is 34.3 Å². The van der Waals surface area contributed by atoms with Gasteiger partial charge in [0.15, 0.2) is 0 Å². The highest BCUT2D eigenvalue weighted by molar-refractivity contribution is 5.88. The number of rotatable bonds is 6. The summed E-state index contributed by atoms with van der Waals surface area (Å²) in [5, 5.41) is 19.5. The van der Waals surface area contributed by atoms with Crippen LogP contribution in [0.1, 0.15) is 6.42 Å². The van der Waals surface area contributed by atoms with Gasteiger partial charge in [-0.2, -0.15) is 0 Å². The summed E-state index contributed by atoms with van der Waals surface area (Å²) >= 11 is 0. The highest BCUT2D eigenvalue weighted by Gasteiger charge is 2.28. The molecule has 0 spiro atoms. The predicted octanol–water partition coefficient (Wildman–Crippen LogP) is 1.47. The first kappa shape index (κ1) is 14.8. The SMILES string of the molecule is NC(C(=O)O)C(CC(=O)O)Oc1cccc2ccccc12. The fourth-order valence-electron chi connectivity index (χ4n) is 2.03. The standard InChI is InChI=1S/C15H15NO5/c16-14(15(19)20)12(8-13(17)18)21-11-7-3-5-9-4-1-2-6-10(9)11/h1-7,12,14H,8,16H2,(H,17,18)(H,19,20). The van der Waals surface area contributed by atoms with Gasteiger partial charge in [0.25, 0.3) is 0 Å². The van der Waals surface area contributed by atoms with E-state index in [-0.39, 0.29) is 0 Å². The number of hydrogen-bond donors (Lipinski definition) is 3. The van der Waals surface area contributed by atoms with Crippen molar-refractivity contribution in [3.05, 3.63) is 42.5 Å². The summed E-state index contributed by atoms with van der Waals surface area (Å²) in [5.41, 5.74) is 5.51. The normalized spacial score (nSPS) is 13.6. The van der Waals surface area contributed by atoms with Crippen molar-refractivity contribution in [1.29, 1.82) is 0 Å². The lowest BCUT2D eigenvalue weighted by Crippen LogP contribution is -2.46. The predicted molar refractivity (Wildman–Crippen MR) is 76.2 cm³/mol. The van der Waals surface area contributed by atoms with Gasteiger partial charge in [0, 0.05) is 5.39 Å². The van der Waals surface area contributed by atoms with Gasteiger partial charge in [-0.05, 0) is 11.5 Å². The van der Waals surface area contributed by atoms with Crippen LogP contribution in [0, 0.1) is 0 Å². The summed E-state index contributed by atoms with van der Waals surface area (Å²) in [5.74, 6) is -2.06. The first-order valence-corrected chi connectivity index (χ1v) is 6.33. The number of benzene rings is 2. The van der Waals surface area contributed by atoms with Crippen molar-refractivity contribution in [3.63, 3.8) is 0 Å². The van der Waals surface area contributed by atoms with E-state index in [9.17, 15) is 9.59 Å². The lowest BCUT2D eigenvalue weighted by Gasteiger charge is -2.21. The Morgan fingerprint density at radius 1 is 1.10 bits per heavy atom. The molecule has 6 heteroatoms. The van der Waals surface area contributed by atoms with E-state index in [1.165, 1.54) is 0 Å². The Morgan fingerprint density at radius 3 is 2.43 bits per heavy atom. The van der Waals surface area contributed by atoms with Gasteiger partial charge in [0.2, 0.25) is 0 Å². The average Bonchev–Trinajstić information content (AvgIpc) is 2.45. The van der Waals surface area contributed by atoms with Crippen molar-refractivity contribution in [3.8, 4) is 5.75 Å². The van der Waals surface area contributed by atoms with Gasteiger partial charge in [-0.1, -0.05) is 36.4 Å². The van der Waals surface area contributed by atoms with Crippen LogP contribution in [0.3, 0.4) is 0 Å². The van der Waals surface area contributed by atoms with E-state index < -0.39 is 30.5 Å². The lowest BCUT2D eigenvalue weighted by atomic mass is 10.1. The maximum absolute atomic E-state index is 11.0. The molecule has 0 aliphatic heterocycles. The molecule has 21 heavy (non-hydrogen) atoms. The molecular weight excluding hydrogens is 274 g/mol. The number of ether oxygens (including phenoxy) is 1. The molecular formula is C15H15NO5. The van der Waals surface area contributed by atoms with E-state index in [1.54, 1.807) is 12.1 Å². The number of aliphatic carboxylic acids is 2. The van der Waals surface area contributed by atoms with Gasteiger partial charge >= 0.3 is 11.9 Å². The second kappa shape index (κ2) is 6.23. The van der Waals surface area contributed by atoms with Crippen molar-refractivity contribution in [2.24, 2.45) is 5.73 Å². The second-order valence-corrected chi connectivity index (χ2v) is 4.60. The molecule has 0 heterocycles. The topological polar surface area (TPSA) is 110 Å². The number of fused-ring (bicyclic) bond motifs is 1.